The van der Waals surface area contributed by atoms with E-state index in [4.69, 9.17) is 16.7 Å². The lowest BCUT2D eigenvalue weighted by atomic mass is 10.1. The van der Waals surface area contributed by atoms with Gasteiger partial charge in [-0.3, -0.25) is 0 Å². The summed E-state index contributed by atoms with van der Waals surface area (Å²) in [7, 11) is 0. The summed E-state index contributed by atoms with van der Waals surface area (Å²) in [4.78, 5) is 11.0. The molecule has 21 heavy (non-hydrogen) atoms. The van der Waals surface area contributed by atoms with Gasteiger partial charge in [-0.2, -0.15) is 9.73 Å². The molecule has 2 aromatic rings. The molecule has 0 amide bonds. The summed E-state index contributed by atoms with van der Waals surface area (Å²) >= 11 is 5.72. The molecular weight excluding hydrogens is 290 g/mol. The Morgan fingerprint density at radius 1 is 1.43 bits per heavy atom. The molecule has 6 heteroatoms. The van der Waals surface area contributed by atoms with Crippen molar-refractivity contribution < 1.29 is 9.90 Å². The monoisotopic (exact) mass is 305 g/mol. The van der Waals surface area contributed by atoms with Gasteiger partial charge in [0.15, 0.2) is 0 Å². The van der Waals surface area contributed by atoms with Crippen LogP contribution in [-0.4, -0.2) is 25.9 Å². The first-order valence-corrected chi connectivity index (χ1v) is 6.68. The van der Waals surface area contributed by atoms with Crippen molar-refractivity contribution in [3.8, 4) is 0 Å². The molecule has 0 aliphatic rings. The Hall–Kier alpha value is -2.40. The molecule has 2 rings (SSSR count). The maximum absolute atomic E-state index is 11.0. The van der Waals surface area contributed by atoms with Crippen LogP contribution in [0.1, 0.15) is 29.9 Å². The second kappa shape index (κ2) is 7.40. The number of rotatable bonds is 4. The number of aromatic nitrogens is 3. The predicted molar refractivity (Wildman–Crippen MR) is 84.5 cm³/mol. The van der Waals surface area contributed by atoms with E-state index in [-0.39, 0.29) is 5.56 Å². The summed E-state index contributed by atoms with van der Waals surface area (Å²) in [6.45, 7) is 11.2. The summed E-state index contributed by atoms with van der Waals surface area (Å²) in [5, 5.41) is 17.4. The molecule has 0 fully saturated rings. The van der Waals surface area contributed by atoms with Crippen molar-refractivity contribution >= 4 is 28.7 Å². The third kappa shape index (κ3) is 3.79. The fourth-order valence-corrected chi connectivity index (χ4v) is 1.72. The van der Waals surface area contributed by atoms with E-state index in [1.165, 1.54) is 10.8 Å². The van der Waals surface area contributed by atoms with Crippen molar-refractivity contribution in [2.24, 2.45) is 0 Å². The van der Waals surface area contributed by atoms with E-state index in [1.807, 2.05) is 13.8 Å². The van der Waals surface area contributed by atoms with E-state index >= 15 is 0 Å². The first kappa shape index (κ1) is 16.7. The molecule has 0 saturated carbocycles. The number of hydrogen-bond donors (Lipinski definition) is 1. The number of fused-ring (bicyclic) bond motifs is 1. The van der Waals surface area contributed by atoms with Crippen molar-refractivity contribution in [1.82, 2.24) is 14.8 Å². The minimum absolute atomic E-state index is 0.102. The maximum atomic E-state index is 11.0. The minimum Gasteiger partial charge on any atom is -0.478 e. The molecule has 2 heterocycles. The maximum Gasteiger partial charge on any atom is 0.339 e. The van der Waals surface area contributed by atoms with Gasteiger partial charge in [-0.25, -0.2) is 4.79 Å². The van der Waals surface area contributed by atoms with Gasteiger partial charge in [0, 0.05) is 10.6 Å². The van der Waals surface area contributed by atoms with Gasteiger partial charge < -0.3 is 5.11 Å². The second-order valence-electron chi connectivity index (χ2n) is 3.71. The first-order chi connectivity index (χ1) is 10.0. The first-order valence-electron chi connectivity index (χ1n) is 6.30. The van der Waals surface area contributed by atoms with Gasteiger partial charge in [0.25, 0.3) is 0 Å². The number of carboxylic acid groups (broad SMARTS) is 1. The Morgan fingerprint density at radius 2 is 2.10 bits per heavy atom. The number of nitrogens with zero attached hydrogens (tertiary/aromatic N) is 3. The van der Waals surface area contributed by atoms with Crippen molar-refractivity contribution in [3.05, 3.63) is 59.9 Å². The topological polar surface area (TPSA) is 67.5 Å². The van der Waals surface area contributed by atoms with E-state index in [0.29, 0.717) is 21.8 Å². The molecule has 5 nitrogen and oxygen atoms in total. The highest BCUT2D eigenvalue weighted by molar-refractivity contribution is 6.31. The fraction of sp³-hybridized carbons (Fsp3) is 0.133. The number of hydrogen-bond acceptors (Lipinski definition) is 3. The Morgan fingerprint density at radius 3 is 2.62 bits per heavy atom. The van der Waals surface area contributed by atoms with Crippen LogP contribution in [0.25, 0.3) is 11.1 Å². The van der Waals surface area contributed by atoms with E-state index in [9.17, 15) is 4.79 Å². The molecule has 0 spiro atoms. The summed E-state index contributed by atoms with van der Waals surface area (Å²) in [5.74, 6) is -1.04. The zero-order valence-corrected chi connectivity index (χ0v) is 12.6. The van der Waals surface area contributed by atoms with Crippen LogP contribution in [0.3, 0.4) is 0 Å². The van der Waals surface area contributed by atoms with Gasteiger partial charge in [-0.05, 0) is 18.2 Å². The normalized spacial score (nSPS) is 10.7. The molecule has 0 radical (unpaired) electrons. The molecule has 0 saturated heterocycles. The standard InChI is InChI=1S/C13H10ClN3O2.C2H6/c1-3-9(6-8(2)14)11-4-5-12-10(13(18)19)7-15-17(12)16-11;1-2/h3-7H,1-2H2,(H,18,19);1-2H3/b9-6+;. The Labute approximate surface area is 127 Å². The van der Waals surface area contributed by atoms with Crippen LogP contribution >= 0.6 is 11.6 Å². The highest BCUT2D eigenvalue weighted by Gasteiger charge is 2.12. The third-order valence-corrected chi connectivity index (χ3v) is 2.56. The van der Waals surface area contributed by atoms with Crippen molar-refractivity contribution in [1.29, 1.82) is 0 Å². The van der Waals surface area contributed by atoms with E-state index < -0.39 is 5.97 Å². The van der Waals surface area contributed by atoms with E-state index in [0.717, 1.165) is 0 Å². The lowest BCUT2D eigenvalue weighted by Crippen LogP contribution is -2.00. The number of carbonyl (C=O) groups is 1. The summed E-state index contributed by atoms with van der Waals surface area (Å²) in [5.41, 5.74) is 1.77. The van der Waals surface area contributed by atoms with Gasteiger partial charge in [0.2, 0.25) is 0 Å². The molecule has 0 aromatic carbocycles. The van der Waals surface area contributed by atoms with Crippen LogP contribution < -0.4 is 0 Å². The zero-order chi connectivity index (χ0) is 16.0. The average molecular weight is 306 g/mol. The fourth-order valence-electron chi connectivity index (χ4n) is 1.60. The van der Waals surface area contributed by atoms with Crippen molar-refractivity contribution in [2.45, 2.75) is 13.8 Å². The molecule has 0 aliphatic carbocycles. The van der Waals surface area contributed by atoms with Crippen LogP contribution in [0.4, 0.5) is 0 Å². The van der Waals surface area contributed by atoms with Crippen LogP contribution in [0.5, 0.6) is 0 Å². The molecule has 0 aliphatic heterocycles. The van der Waals surface area contributed by atoms with Gasteiger partial charge in [-0.1, -0.05) is 44.7 Å². The van der Waals surface area contributed by atoms with Gasteiger partial charge in [-0.15, -0.1) is 5.10 Å². The largest absolute Gasteiger partial charge is 0.478 e. The lowest BCUT2D eigenvalue weighted by molar-refractivity contribution is 0.0699. The molecule has 0 atom stereocenters. The van der Waals surface area contributed by atoms with Crippen molar-refractivity contribution in [2.75, 3.05) is 0 Å². The van der Waals surface area contributed by atoms with Crippen LogP contribution in [-0.2, 0) is 0 Å². The number of aromatic carboxylic acids is 1. The van der Waals surface area contributed by atoms with Gasteiger partial charge in [0.05, 0.1) is 11.9 Å². The van der Waals surface area contributed by atoms with Gasteiger partial charge >= 0.3 is 5.97 Å². The predicted octanol–water partition coefficient (Wildman–Crippen LogP) is 3.78. The third-order valence-electron chi connectivity index (χ3n) is 2.45. The van der Waals surface area contributed by atoms with Crippen LogP contribution in [0.2, 0.25) is 0 Å². The van der Waals surface area contributed by atoms with E-state index in [1.54, 1.807) is 24.3 Å². The highest BCUT2D eigenvalue weighted by atomic mass is 35.5. The lowest BCUT2D eigenvalue weighted by Gasteiger charge is -2.02. The molecule has 1 N–H and O–H groups in total. The molecule has 2 aromatic heterocycles. The average Bonchev–Trinajstić information content (AvgIpc) is 2.89. The number of halogens is 1. The molecular formula is C15H16ClN3O2. The van der Waals surface area contributed by atoms with Crippen molar-refractivity contribution in [3.63, 3.8) is 0 Å². The second-order valence-corrected chi connectivity index (χ2v) is 4.19. The smallest absolute Gasteiger partial charge is 0.339 e. The zero-order valence-electron chi connectivity index (χ0n) is 11.9. The van der Waals surface area contributed by atoms with Gasteiger partial charge in [0.1, 0.15) is 11.1 Å². The van der Waals surface area contributed by atoms with Crippen LogP contribution in [0, 0.1) is 0 Å². The summed E-state index contributed by atoms with van der Waals surface area (Å²) in [6, 6.07) is 3.31. The Bertz CT molecular complexity index is 717. The van der Waals surface area contributed by atoms with Crippen LogP contribution in [0.15, 0.2) is 48.7 Å². The molecule has 110 valence electrons. The summed E-state index contributed by atoms with van der Waals surface area (Å²) < 4.78 is 1.26. The molecule has 0 bridgehead atoms. The minimum atomic E-state index is -1.04. The van der Waals surface area contributed by atoms with E-state index in [2.05, 4.69) is 23.4 Å². The summed E-state index contributed by atoms with van der Waals surface area (Å²) in [6.07, 6.45) is 4.46. The SMILES string of the molecule is C=C/C(=C\C(=C)Cl)c1ccc2c(C(=O)O)cnn2n1.CC. The number of carboxylic acids is 1. The highest BCUT2D eigenvalue weighted by Crippen LogP contribution is 2.18. The Balaban J connectivity index is 0.00000106. The quantitative estimate of drug-likeness (QED) is 0.873. The number of allylic oxidation sites excluding steroid dienone is 4. The molecule has 0 unspecified atom stereocenters. The Kier molecular flexibility index (Phi) is 5.87.